The fourth-order valence-corrected chi connectivity index (χ4v) is 2.08. The van der Waals surface area contributed by atoms with E-state index < -0.39 is 0 Å². The van der Waals surface area contributed by atoms with Crippen molar-refractivity contribution in [2.75, 3.05) is 11.9 Å². The van der Waals surface area contributed by atoms with E-state index in [2.05, 4.69) is 6.07 Å². The van der Waals surface area contributed by atoms with Crippen LogP contribution in [-0.4, -0.2) is 13.3 Å². The number of carbonyl (C=O) groups is 1. The third-order valence-electron chi connectivity index (χ3n) is 2.87. The van der Waals surface area contributed by atoms with E-state index >= 15 is 0 Å². The van der Waals surface area contributed by atoms with Gasteiger partial charge in [0.05, 0.1) is 5.69 Å². The zero-order valence-electron chi connectivity index (χ0n) is 10.4. The minimum absolute atomic E-state index is 0.568. The van der Waals surface area contributed by atoms with E-state index in [1.54, 1.807) is 12.1 Å². The van der Waals surface area contributed by atoms with E-state index in [0.29, 0.717) is 10.6 Å². The van der Waals surface area contributed by atoms with Gasteiger partial charge in [-0.1, -0.05) is 23.7 Å². The van der Waals surface area contributed by atoms with Crippen LogP contribution in [0.25, 0.3) is 0 Å². The summed E-state index contributed by atoms with van der Waals surface area (Å²) in [6, 6.07) is 13.4. The molecular formula is C15H14ClNO. The van der Waals surface area contributed by atoms with Gasteiger partial charge in [-0.05, 0) is 42.8 Å². The van der Waals surface area contributed by atoms with Crippen LogP contribution in [0.5, 0.6) is 0 Å². The fourth-order valence-electron chi connectivity index (χ4n) is 1.90. The van der Waals surface area contributed by atoms with E-state index in [-0.39, 0.29) is 0 Å². The molecule has 2 aromatic rings. The molecule has 0 spiro atoms. The van der Waals surface area contributed by atoms with Gasteiger partial charge in [0.25, 0.3) is 0 Å². The molecule has 0 aromatic heterocycles. The number of hydrogen-bond acceptors (Lipinski definition) is 2. The lowest BCUT2D eigenvalue weighted by Gasteiger charge is -2.21. The van der Waals surface area contributed by atoms with Crippen molar-refractivity contribution in [3.05, 3.63) is 58.6 Å². The minimum atomic E-state index is 0.568. The summed E-state index contributed by atoms with van der Waals surface area (Å²) in [5.74, 6) is 0. The Morgan fingerprint density at radius 2 is 1.94 bits per heavy atom. The second-order valence-corrected chi connectivity index (χ2v) is 4.66. The highest BCUT2D eigenvalue weighted by Crippen LogP contribution is 2.28. The van der Waals surface area contributed by atoms with Gasteiger partial charge < -0.3 is 4.90 Å². The summed E-state index contributed by atoms with van der Waals surface area (Å²) in [6.07, 6.45) is 0.827. The van der Waals surface area contributed by atoms with Crippen LogP contribution in [0.2, 0.25) is 5.02 Å². The number of carbonyl (C=O) groups excluding carboxylic acids is 1. The fraction of sp³-hybridized carbons (Fsp3) is 0.133. The summed E-state index contributed by atoms with van der Waals surface area (Å²) in [5, 5.41) is 0.568. The number of hydrogen-bond donors (Lipinski definition) is 0. The van der Waals surface area contributed by atoms with E-state index in [0.717, 1.165) is 17.7 Å². The normalized spacial score (nSPS) is 10.2. The standard InChI is InChI=1S/C15H14ClNO/c1-11-4-3-5-14(8-11)17(2)15-7-6-13(16)9-12(15)10-18/h3-10H,1-2H3. The molecule has 18 heavy (non-hydrogen) atoms. The zero-order chi connectivity index (χ0) is 13.1. The molecule has 0 fully saturated rings. The van der Waals surface area contributed by atoms with Crippen LogP contribution in [0.3, 0.4) is 0 Å². The lowest BCUT2D eigenvalue weighted by Crippen LogP contribution is -2.11. The van der Waals surface area contributed by atoms with Gasteiger partial charge in [0.15, 0.2) is 6.29 Å². The lowest BCUT2D eigenvalue weighted by molar-refractivity contribution is 0.112. The summed E-state index contributed by atoms with van der Waals surface area (Å²) in [7, 11) is 1.94. The molecule has 0 aliphatic carbocycles. The van der Waals surface area contributed by atoms with Gasteiger partial charge in [0, 0.05) is 23.3 Å². The molecule has 0 aliphatic heterocycles. The van der Waals surface area contributed by atoms with Crippen LogP contribution in [-0.2, 0) is 0 Å². The summed E-state index contributed by atoms with van der Waals surface area (Å²) in [4.78, 5) is 13.1. The van der Waals surface area contributed by atoms with Crippen LogP contribution in [0.4, 0.5) is 11.4 Å². The molecule has 0 saturated carbocycles. The predicted octanol–water partition coefficient (Wildman–Crippen LogP) is 4.23. The largest absolute Gasteiger partial charge is 0.344 e. The maximum Gasteiger partial charge on any atom is 0.152 e. The number of aryl methyl sites for hydroxylation is 1. The SMILES string of the molecule is Cc1cccc(N(C)c2ccc(Cl)cc2C=O)c1. The molecule has 2 aromatic carbocycles. The molecule has 0 saturated heterocycles. The Balaban J connectivity index is 2.45. The van der Waals surface area contributed by atoms with E-state index in [4.69, 9.17) is 11.6 Å². The van der Waals surface area contributed by atoms with E-state index in [9.17, 15) is 4.79 Å². The average molecular weight is 260 g/mol. The molecule has 0 aliphatic rings. The van der Waals surface area contributed by atoms with Crippen molar-refractivity contribution in [1.29, 1.82) is 0 Å². The first kappa shape index (κ1) is 12.7. The minimum Gasteiger partial charge on any atom is -0.344 e. The molecule has 0 N–H and O–H groups in total. The molecule has 0 atom stereocenters. The quantitative estimate of drug-likeness (QED) is 0.769. The maximum atomic E-state index is 11.1. The number of rotatable bonds is 3. The molecule has 2 nitrogen and oxygen atoms in total. The smallest absolute Gasteiger partial charge is 0.152 e. The number of aldehydes is 1. The van der Waals surface area contributed by atoms with E-state index in [1.807, 2.05) is 43.1 Å². The molecule has 2 rings (SSSR count). The van der Waals surface area contributed by atoms with Crippen LogP contribution < -0.4 is 4.90 Å². The highest BCUT2D eigenvalue weighted by molar-refractivity contribution is 6.31. The van der Waals surface area contributed by atoms with Gasteiger partial charge in [-0.25, -0.2) is 0 Å². The Morgan fingerprint density at radius 1 is 1.17 bits per heavy atom. The molecule has 0 heterocycles. The van der Waals surface area contributed by atoms with Gasteiger partial charge in [-0.2, -0.15) is 0 Å². The van der Waals surface area contributed by atoms with Crippen molar-refractivity contribution in [2.45, 2.75) is 6.92 Å². The average Bonchev–Trinajstić information content (AvgIpc) is 2.37. The molecule has 92 valence electrons. The van der Waals surface area contributed by atoms with Crippen molar-refractivity contribution in [1.82, 2.24) is 0 Å². The number of nitrogens with zero attached hydrogens (tertiary/aromatic N) is 1. The van der Waals surface area contributed by atoms with Gasteiger partial charge in [-0.3, -0.25) is 4.79 Å². The van der Waals surface area contributed by atoms with Crippen molar-refractivity contribution >= 4 is 29.3 Å². The molecule has 3 heteroatoms. The van der Waals surface area contributed by atoms with Crippen LogP contribution in [0, 0.1) is 6.92 Å². The van der Waals surface area contributed by atoms with Gasteiger partial charge >= 0.3 is 0 Å². The van der Waals surface area contributed by atoms with Gasteiger partial charge in [0.1, 0.15) is 0 Å². The number of halogens is 1. The monoisotopic (exact) mass is 259 g/mol. The molecule has 0 bridgehead atoms. The number of anilines is 2. The van der Waals surface area contributed by atoms with Gasteiger partial charge in [-0.15, -0.1) is 0 Å². The molecule has 0 unspecified atom stereocenters. The van der Waals surface area contributed by atoms with E-state index in [1.165, 1.54) is 5.56 Å². The maximum absolute atomic E-state index is 11.1. The first-order valence-corrected chi connectivity index (χ1v) is 6.05. The Bertz CT molecular complexity index is 580. The van der Waals surface area contributed by atoms with Crippen LogP contribution >= 0.6 is 11.6 Å². The third kappa shape index (κ3) is 2.54. The summed E-state index contributed by atoms with van der Waals surface area (Å²) < 4.78 is 0. The topological polar surface area (TPSA) is 20.3 Å². The Kier molecular flexibility index (Phi) is 3.68. The Labute approximate surface area is 112 Å². The summed E-state index contributed by atoms with van der Waals surface area (Å²) in [5.41, 5.74) is 3.66. The van der Waals surface area contributed by atoms with Crippen LogP contribution in [0.15, 0.2) is 42.5 Å². The molecular weight excluding hydrogens is 246 g/mol. The van der Waals surface area contributed by atoms with Crippen molar-refractivity contribution in [3.63, 3.8) is 0 Å². The second-order valence-electron chi connectivity index (χ2n) is 4.22. The molecule has 0 radical (unpaired) electrons. The van der Waals surface area contributed by atoms with Crippen LogP contribution in [0.1, 0.15) is 15.9 Å². The van der Waals surface area contributed by atoms with Crippen molar-refractivity contribution in [2.24, 2.45) is 0 Å². The Hall–Kier alpha value is -1.80. The first-order valence-electron chi connectivity index (χ1n) is 5.67. The predicted molar refractivity (Wildman–Crippen MR) is 76.1 cm³/mol. The van der Waals surface area contributed by atoms with Crippen molar-refractivity contribution < 1.29 is 4.79 Å². The highest BCUT2D eigenvalue weighted by Gasteiger charge is 2.09. The lowest BCUT2D eigenvalue weighted by atomic mass is 10.1. The third-order valence-corrected chi connectivity index (χ3v) is 3.10. The zero-order valence-corrected chi connectivity index (χ0v) is 11.1. The summed E-state index contributed by atoms with van der Waals surface area (Å²) >= 11 is 5.89. The first-order chi connectivity index (χ1) is 8.61. The highest BCUT2D eigenvalue weighted by atomic mass is 35.5. The second kappa shape index (κ2) is 5.23. The van der Waals surface area contributed by atoms with Crippen molar-refractivity contribution in [3.8, 4) is 0 Å². The Morgan fingerprint density at radius 3 is 2.61 bits per heavy atom. The number of benzene rings is 2. The summed E-state index contributed by atoms with van der Waals surface area (Å²) in [6.45, 7) is 2.04. The van der Waals surface area contributed by atoms with Gasteiger partial charge in [0.2, 0.25) is 0 Å². The molecule has 0 amide bonds.